The lowest BCUT2D eigenvalue weighted by Crippen LogP contribution is -2.84. The first-order valence-corrected chi connectivity index (χ1v) is 12.4. The molecule has 0 saturated heterocycles. The molecule has 0 spiro atoms. The molecule has 2 N–H and O–H groups in total. The van der Waals surface area contributed by atoms with Gasteiger partial charge < -0.3 is 15.4 Å². The molecule has 0 radical (unpaired) electrons. The van der Waals surface area contributed by atoms with E-state index in [1.54, 1.807) is 0 Å². The summed E-state index contributed by atoms with van der Waals surface area (Å²) in [6.45, 7) is 0.0499. The van der Waals surface area contributed by atoms with Crippen LogP contribution >= 0.6 is 0 Å². The molecule has 5 aliphatic carbocycles. The molecule has 0 atom stereocenters. The van der Waals surface area contributed by atoms with E-state index in [1.165, 1.54) is 51.4 Å². The topological polar surface area (TPSA) is 50.4 Å². The van der Waals surface area contributed by atoms with Crippen LogP contribution in [0.2, 0.25) is 0 Å². The summed E-state index contributed by atoms with van der Waals surface area (Å²) in [5, 5.41) is 7.24. The highest BCUT2D eigenvalue weighted by molar-refractivity contribution is 5.79. The zero-order chi connectivity index (χ0) is 22.1. The van der Waals surface area contributed by atoms with Gasteiger partial charge in [0.05, 0.1) is 0 Å². The maximum absolute atomic E-state index is 12.6. The SMILES string of the molecule is O=C(COC1=C\C=C/C=C\C=C/C=C\C=C1)NC12CC(NC3CCCCCCCC3)(C1)C2. The van der Waals surface area contributed by atoms with Gasteiger partial charge in [-0.15, -0.1) is 0 Å². The van der Waals surface area contributed by atoms with Crippen molar-refractivity contribution in [2.45, 2.75) is 87.7 Å². The second kappa shape index (κ2) is 11.0. The van der Waals surface area contributed by atoms with Crippen molar-refractivity contribution in [1.29, 1.82) is 0 Å². The first kappa shape index (κ1) is 22.8. The highest BCUT2D eigenvalue weighted by atomic mass is 16.5. The van der Waals surface area contributed by atoms with Crippen LogP contribution in [0.4, 0.5) is 0 Å². The average molecular weight is 435 g/mol. The molecule has 4 fully saturated rings. The van der Waals surface area contributed by atoms with E-state index >= 15 is 0 Å². The van der Waals surface area contributed by atoms with Crippen LogP contribution in [0.5, 0.6) is 0 Å². The van der Waals surface area contributed by atoms with E-state index in [9.17, 15) is 4.79 Å². The Bertz CT molecular complexity index is 801. The number of carbonyl (C=O) groups is 1. The molecule has 32 heavy (non-hydrogen) atoms. The van der Waals surface area contributed by atoms with Gasteiger partial charge in [-0.2, -0.15) is 0 Å². The van der Waals surface area contributed by atoms with Gasteiger partial charge in [0.2, 0.25) is 0 Å². The average Bonchev–Trinajstić information content (AvgIpc) is 2.85. The van der Waals surface area contributed by atoms with Crippen LogP contribution in [0.1, 0.15) is 70.6 Å². The molecule has 4 saturated carbocycles. The fraction of sp³-hybridized carbons (Fsp3) is 0.536. The van der Waals surface area contributed by atoms with E-state index in [2.05, 4.69) is 10.6 Å². The molecule has 0 aromatic heterocycles. The maximum Gasteiger partial charge on any atom is 0.258 e. The Labute approximate surface area is 193 Å². The van der Waals surface area contributed by atoms with Crippen molar-refractivity contribution >= 4 is 5.91 Å². The minimum atomic E-state index is -0.0245. The van der Waals surface area contributed by atoms with Gasteiger partial charge >= 0.3 is 0 Å². The molecule has 172 valence electrons. The molecule has 5 aliphatic rings. The lowest BCUT2D eigenvalue weighted by Gasteiger charge is -2.71. The minimum Gasteiger partial charge on any atom is -0.484 e. The summed E-state index contributed by atoms with van der Waals surface area (Å²) in [4.78, 5) is 12.6. The van der Waals surface area contributed by atoms with Crippen molar-refractivity contribution in [2.75, 3.05) is 6.61 Å². The highest BCUT2D eigenvalue weighted by Gasteiger charge is 2.68. The molecule has 2 bridgehead atoms. The second-order valence-electron chi connectivity index (χ2n) is 9.94. The standard InChI is InChI=1S/C28H38N2O2/c31-26(20-32-25-18-14-10-4-2-1-3-5-11-15-19-25)30-28-21-27(22-28,23-28)29-24-16-12-8-6-7-9-13-17-24/h1-5,10-11,14-15,18-19,24,29H,6-9,12-13,16-17,20-23H2,(H,30,31)/b2-1-,3-1?,4-2?,5-3-,10-4-,11-5?,14-10?,15-11-,18-14?,19-15?,25-18?,25-19?. The van der Waals surface area contributed by atoms with Crippen molar-refractivity contribution in [3.8, 4) is 0 Å². The summed E-state index contributed by atoms with van der Waals surface area (Å²) in [7, 11) is 0. The van der Waals surface area contributed by atoms with Crippen molar-refractivity contribution in [3.05, 3.63) is 72.6 Å². The van der Waals surface area contributed by atoms with Crippen LogP contribution in [-0.2, 0) is 9.53 Å². The molecule has 0 unspecified atom stereocenters. The predicted molar refractivity (Wildman–Crippen MR) is 131 cm³/mol. The Hall–Kier alpha value is -2.33. The Morgan fingerprint density at radius 3 is 2.00 bits per heavy atom. The van der Waals surface area contributed by atoms with Crippen molar-refractivity contribution in [3.63, 3.8) is 0 Å². The van der Waals surface area contributed by atoms with E-state index in [4.69, 9.17) is 4.74 Å². The molecular formula is C28H38N2O2. The van der Waals surface area contributed by atoms with Crippen molar-refractivity contribution < 1.29 is 9.53 Å². The Balaban J connectivity index is 1.20. The molecular weight excluding hydrogens is 396 g/mol. The second-order valence-corrected chi connectivity index (χ2v) is 9.94. The number of carbonyl (C=O) groups excluding carboxylic acids is 1. The maximum atomic E-state index is 12.6. The monoisotopic (exact) mass is 434 g/mol. The number of ether oxygens (including phenoxy) is 1. The third-order valence-corrected chi connectivity index (χ3v) is 7.08. The van der Waals surface area contributed by atoms with Gasteiger partial charge in [-0.05, 0) is 44.3 Å². The van der Waals surface area contributed by atoms with E-state index in [1.807, 2.05) is 66.8 Å². The molecule has 5 rings (SSSR count). The zero-order valence-electron chi connectivity index (χ0n) is 19.2. The van der Waals surface area contributed by atoms with Crippen LogP contribution in [0.15, 0.2) is 72.6 Å². The number of nitrogens with one attached hydrogen (secondary N) is 2. The normalized spacial score (nSPS) is 34.4. The van der Waals surface area contributed by atoms with Crippen LogP contribution in [0.3, 0.4) is 0 Å². The summed E-state index contributed by atoms with van der Waals surface area (Å²) in [5.41, 5.74) is 0.285. The summed E-state index contributed by atoms with van der Waals surface area (Å²) < 4.78 is 5.78. The van der Waals surface area contributed by atoms with E-state index in [-0.39, 0.29) is 23.6 Å². The number of hydrogen-bond donors (Lipinski definition) is 2. The smallest absolute Gasteiger partial charge is 0.258 e. The summed E-state index contributed by atoms with van der Waals surface area (Å²) in [6, 6.07) is 0.665. The van der Waals surface area contributed by atoms with E-state index in [0.29, 0.717) is 11.8 Å². The van der Waals surface area contributed by atoms with Gasteiger partial charge in [-0.3, -0.25) is 4.79 Å². The van der Waals surface area contributed by atoms with Crippen LogP contribution in [-0.4, -0.2) is 29.6 Å². The van der Waals surface area contributed by atoms with Gasteiger partial charge in [0.25, 0.3) is 5.91 Å². The molecule has 0 aliphatic heterocycles. The first-order valence-electron chi connectivity index (χ1n) is 12.4. The molecule has 1 amide bonds. The van der Waals surface area contributed by atoms with Gasteiger partial charge in [0, 0.05) is 17.1 Å². The molecule has 0 aromatic rings. The van der Waals surface area contributed by atoms with Crippen molar-refractivity contribution in [1.82, 2.24) is 10.6 Å². The van der Waals surface area contributed by atoms with Crippen LogP contribution in [0.25, 0.3) is 0 Å². The molecule has 0 aromatic carbocycles. The molecule has 4 heteroatoms. The largest absolute Gasteiger partial charge is 0.484 e. The van der Waals surface area contributed by atoms with Crippen LogP contribution < -0.4 is 10.6 Å². The van der Waals surface area contributed by atoms with Crippen LogP contribution in [0, 0.1) is 0 Å². The number of amides is 1. The molecule has 4 nitrogen and oxygen atoms in total. The van der Waals surface area contributed by atoms with Gasteiger partial charge in [-0.1, -0.05) is 93.2 Å². The zero-order valence-corrected chi connectivity index (χ0v) is 19.2. The fourth-order valence-electron chi connectivity index (χ4n) is 5.67. The first-order chi connectivity index (χ1) is 15.7. The lowest BCUT2D eigenvalue weighted by molar-refractivity contribution is -0.146. The third-order valence-electron chi connectivity index (χ3n) is 7.08. The quantitative estimate of drug-likeness (QED) is 0.575. The van der Waals surface area contributed by atoms with Gasteiger partial charge in [-0.25, -0.2) is 0 Å². The summed E-state index contributed by atoms with van der Waals surface area (Å²) in [5.74, 6) is 0.651. The van der Waals surface area contributed by atoms with Crippen molar-refractivity contribution in [2.24, 2.45) is 0 Å². The number of hydrogen-bond acceptors (Lipinski definition) is 3. The van der Waals surface area contributed by atoms with Gasteiger partial charge in [0.15, 0.2) is 6.61 Å². The Morgan fingerprint density at radius 2 is 1.34 bits per heavy atom. The summed E-state index contributed by atoms with van der Waals surface area (Å²) in [6.07, 6.45) is 35.4. The van der Waals surface area contributed by atoms with Gasteiger partial charge in [0.1, 0.15) is 5.76 Å². The number of rotatable bonds is 6. The molecule has 0 heterocycles. The van der Waals surface area contributed by atoms with E-state index in [0.717, 1.165) is 19.3 Å². The highest BCUT2D eigenvalue weighted by Crippen LogP contribution is 2.60. The minimum absolute atomic E-state index is 0.00242. The fourth-order valence-corrected chi connectivity index (χ4v) is 5.67. The predicted octanol–water partition coefficient (Wildman–Crippen LogP) is 5.57. The van der Waals surface area contributed by atoms with E-state index < -0.39 is 0 Å². The Morgan fingerprint density at radius 1 is 0.781 bits per heavy atom. The summed E-state index contributed by atoms with van der Waals surface area (Å²) >= 11 is 0. The lowest BCUT2D eigenvalue weighted by atomic mass is 9.44. The Kier molecular flexibility index (Phi) is 7.85. The number of allylic oxidation sites excluding steroid dienone is 11. The third kappa shape index (κ3) is 6.35.